The van der Waals surface area contributed by atoms with Crippen molar-refractivity contribution in [3.8, 4) is 0 Å². The zero-order valence-electron chi connectivity index (χ0n) is 25.4. The molecule has 0 amide bonds. The number of aliphatic hydroxyl groups excluding tert-OH is 1. The van der Waals surface area contributed by atoms with Crippen LogP contribution in [-0.2, 0) is 27.5 Å². The van der Waals surface area contributed by atoms with Crippen molar-refractivity contribution in [2.75, 3.05) is 0 Å². The molecule has 0 aromatic heterocycles. The van der Waals surface area contributed by atoms with Gasteiger partial charge in [-0.15, -0.1) is 0 Å². The van der Waals surface area contributed by atoms with Gasteiger partial charge in [-0.1, -0.05) is 158 Å². The number of rotatable bonds is 24. The van der Waals surface area contributed by atoms with Crippen LogP contribution < -0.4 is 0 Å². The minimum atomic E-state index is -0.774. The summed E-state index contributed by atoms with van der Waals surface area (Å²) in [5, 5.41) is 11.4. The van der Waals surface area contributed by atoms with E-state index in [1.165, 1.54) is 51.4 Å². The number of carbonyl (C=O) groups excluding carboxylic acids is 1. The summed E-state index contributed by atoms with van der Waals surface area (Å²) in [6, 6.07) is 20.0. The standard InChI is InChI=1S/C36H56O4/c1-3-5-7-9-10-11-12-13-20-26-33(39-29-31-22-16-14-17-23-31)28-35(37)34(27-21-8-6-4-2)36(38)40-30-32-24-18-15-19-25-32/h14-19,22-25,33-35,37H,3-13,20-21,26-30H2,1-2H3/t33-,34-,35-/m0/s1. The minimum Gasteiger partial charge on any atom is -0.461 e. The Morgan fingerprint density at radius 1 is 0.650 bits per heavy atom. The molecule has 40 heavy (non-hydrogen) atoms. The number of hydrogen-bond donors (Lipinski definition) is 1. The Bertz CT molecular complexity index is 854. The van der Waals surface area contributed by atoms with Gasteiger partial charge in [-0.05, 0) is 24.0 Å². The summed E-state index contributed by atoms with van der Waals surface area (Å²) in [6.45, 7) is 5.21. The molecule has 0 aliphatic heterocycles. The molecule has 2 aromatic rings. The summed E-state index contributed by atoms with van der Waals surface area (Å²) in [4.78, 5) is 13.2. The lowest BCUT2D eigenvalue weighted by Gasteiger charge is -2.26. The number of ether oxygens (including phenoxy) is 2. The first-order chi connectivity index (χ1) is 19.6. The predicted molar refractivity (Wildman–Crippen MR) is 166 cm³/mol. The van der Waals surface area contributed by atoms with Crippen LogP contribution in [0.15, 0.2) is 60.7 Å². The van der Waals surface area contributed by atoms with Crippen LogP contribution in [0.4, 0.5) is 0 Å². The van der Waals surface area contributed by atoms with Crippen LogP contribution in [0.3, 0.4) is 0 Å². The maximum absolute atomic E-state index is 13.2. The number of benzene rings is 2. The first-order valence-corrected chi connectivity index (χ1v) is 16.2. The zero-order chi connectivity index (χ0) is 28.7. The summed E-state index contributed by atoms with van der Waals surface area (Å²) in [5.41, 5.74) is 2.09. The van der Waals surface area contributed by atoms with Gasteiger partial charge in [0.1, 0.15) is 6.61 Å². The van der Waals surface area contributed by atoms with Gasteiger partial charge in [-0.3, -0.25) is 4.79 Å². The van der Waals surface area contributed by atoms with E-state index in [0.717, 1.165) is 49.7 Å². The van der Waals surface area contributed by atoms with Crippen LogP contribution in [0.5, 0.6) is 0 Å². The molecule has 0 saturated carbocycles. The van der Waals surface area contributed by atoms with Crippen LogP contribution in [0, 0.1) is 5.92 Å². The van der Waals surface area contributed by atoms with Crippen molar-refractivity contribution in [1.82, 2.24) is 0 Å². The monoisotopic (exact) mass is 552 g/mol. The Hall–Kier alpha value is -2.17. The van der Waals surface area contributed by atoms with E-state index in [0.29, 0.717) is 19.4 Å². The van der Waals surface area contributed by atoms with Crippen LogP contribution in [0.2, 0.25) is 0 Å². The number of hydrogen-bond acceptors (Lipinski definition) is 4. The Balaban J connectivity index is 1.93. The van der Waals surface area contributed by atoms with E-state index < -0.39 is 12.0 Å². The van der Waals surface area contributed by atoms with Gasteiger partial charge < -0.3 is 14.6 Å². The van der Waals surface area contributed by atoms with Crippen molar-refractivity contribution in [3.05, 3.63) is 71.8 Å². The fraction of sp³-hybridized carbons (Fsp3) is 0.639. The Morgan fingerprint density at radius 3 is 1.70 bits per heavy atom. The summed E-state index contributed by atoms with van der Waals surface area (Å²) in [6.07, 6.45) is 16.9. The van der Waals surface area contributed by atoms with Crippen molar-refractivity contribution >= 4 is 5.97 Å². The van der Waals surface area contributed by atoms with Gasteiger partial charge in [-0.2, -0.15) is 0 Å². The third-order valence-electron chi connectivity index (χ3n) is 7.82. The molecule has 4 heteroatoms. The van der Waals surface area contributed by atoms with Gasteiger partial charge in [0, 0.05) is 6.42 Å². The maximum atomic E-state index is 13.2. The highest BCUT2D eigenvalue weighted by Crippen LogP contribution is 2.24. The van der Waals surface area contributed by atoms with E-state index in [4.69, 9.17) is 9.47 Å². The number of unbranched alkanes of at least 4 members (excludes halogenated alkanes) is 11. The van der Waals surface area contributed by atoms with E-state index in [9.17, 15) is 9.90 Å². The fourth-order valence-corrected chi connectivity index (χ4v) is 5.27. The molecule has 0 spiro atoms. The molecular formula is C36H56O4. The predicted octanol–water partition coefficient (Wildman–Crippen LogP) is 9.57. The Morgan fingerprint density at radius 2 is 1.12 bits per heavy atom. The van der Waals surface area contributed by atoms with Gasteiger partial charge in [0.05, 0.1) is 24.7 Å². The molecule has 1 N–H and O–H groups in total. The topological polar surface area (TPSA) is 55.8 Å². The van der Waals surface area contributed by atoms with E-state index in [1.807, 2.05) is 48.5 Å². The van der Waals surface area contributed by atoms with Gasteiger partial charge in [0.15, 0.2) is 0 Å². The third kappa shape index (κ3) is 15.6. The number of esters is 1. The molecule has 0 saturated heterocycles. The summed E-state index contributed by atoms with van der Waals surface area (Å²) in [5.74, 6) is -0.816. The van der Waals surface area contributed by atoms with Crippen LogP contribution in [0.25, 0.3) is 0 Å². The largest absolute Gasteiger partial charge is 0.461 e. The maximum Gasteiger partial charge on any atom is 0.311 e. The zero-order valence-corrected chi connectivity index (χ0v) is 25.4. The van der Waals surface area contributed by atoms with Gasteiger partial charge in [0.25, 0.3) is 0 Å². The van der Waals surface area contributed by atoms with Gasteiger partial charge in [-0.25, -0.2) is 0 Å². The molecule has 0 aliphatic rings. The SMILES string of the molecule is CCCCCCCCCCC[C@@H](C[C@H](O)[C@H](CCCCCC)C(=O)OCc1ccccc1)OCc1ccccc1. The molecule has 0 bridgehead atoms. The molecule has 0 unspecified atom stereocenters. The second-order valence-corrected chi connectivity index (χ2v) is 11.4. The Labute approximate surface area is 244 Å². The average Bonchev–Trinajstić information content (AvgIpc) is 2.98. The lowest BCUT2D eigenvalue weighted by atomic mass is 9.90. The van der Waals surface area contributed by atoms with E-state index in [1.54, 1.807) is 0 Å². The van der Waals surface area contributed by atoms with Crippen molar-refractivity contribution in [1.29, 1.82) is 0 Å². The highest BCUT2D eigenvalue weighted by atomic mass is 16.5. The molecule has 3 atom stereocenters. The normalized spacial score (nSPS) is 13.6. The molecule has 0 heterocycles. The van der Waals surface area contributed by atoms with Crippen LogP contribution >= 0.6 is 0 Å². The fourth-order valence-electron chi connectivity index (χ4n) is 5.27. The van der Waals surface area contributed by atoms with Crippen molar-refractivity contribution in [2.24, 2.45) is 5.92 Å². The third-order valence-corrected chi connectivity index (χ3v) is 7.82. The van der Waals surface area contributed by atoms with Gasteiger partial charge in [0.2, 0.25) is 0 Å². The minimum absolute atomic E-state index is 0.0835. The van der Waals surface area contributed by atoms with Crippen molar-refractivity contribution in [2.45, 2.75) is 142 Å². The molecule has 0 radical (unpaired) electrons. The molecule has 2 aromatic carbocycles. The summed E-state index contributed by atoms with van der Waals surface area (Å²) < 4.78 is 12.1. The van der Waals surface area contributed by atoms with Crippen LogP contribution in [-0.4, -0.2) is 23.3 Å². The second kappa shape index (κ2) is 22.5. The smallest absolute Gasteiger partial charge is 0.311 e. The molecule has 0 aliphatic carbocycles. The van der Waals surface area contributed by atoms with E-state index in [-0.39, 0.29) is 18.7 Å². The second-order valence-electron chi connectivity index (χ2n) is 11.4. The summed E-state index contributed by atoms with van der Waals surface area (Å²) in [7, 11) is 0. The molecule has 2 rings (SSSR count). The quantitative estimate of drug-likeness (QED) is 0.104. The average molecular weight is 553 g/mol. The van der Waals surface area contributed by atoms with Gasteiger partial charge >= 0.3 is 5.97 Å². The van der Waals surface area contributed by atoms with E-state index >= 15 is 0 Å². The molecule has 4 nitrogen and oxygen atoms in total. The van der Waals surface area contributed by atoms with Crippen molar-refractivity contribution in [3.63, 3.8) is 0 Å². The molecule has 224 valence electrons. The Kier molecular flexibility index (Phi) is 19.2. The first kappa shape index (κ1) is 34.0. The van der Waals surface area contributed by atoms with Crippen LogP contribution in [0.1, 0.15) is 128 Å². The molecular weight excluding hydrogens is 496 g/mol. The lowest BCUT2D eigenvalue weighted by molar-refractivity contribution is -0.155. The number of aliphatic hydroxyl groups is 1. The highest BCUT2D eigenvalue weighted by molar-refractivity contribution is 5.73. The first-order valence-electron chi connectivity index (χ1n) is 16.2. The molecule has 0 fully saturated rings. The summed E-state index contributed by atoms with van der Waals surface area (Å²) >= 11 is 0. The lowest BCUT2D eigenvalue weighted by Crippen LogP contribution is -2.33. The highest BCUT2D eigenvalue weighted by Gasteiger charge is 2.30. The van der Waals surface area contributed by atoms with Crippen molar-refractivity contribution < 1.29 is 19.4 Å². The van der Waals surface area contributed by atoms with E-state index in [2.05, 4.69) is 26.0 Å². The number of carbonyl (C=O) groups is 1.